The quantitative estimate of drug-likeness (QED) is 0.654. The summed E-state index contributed by atoms with van der Waals surface area (Å²) in [7, 11) is 7.75. The third kappa shape index (κ3) is 4.84. The van der Waals surface area contributed by atoms with Crippen molar-refractivity contribution in [1.82, 2.24) is 4.90 Å². The summed E-state index contributed by atoms with van der Waals surface area (Å²) in [6.07, 6.45) is 5.51. The third-order valence-electron chi connectivity index (χ3n) is 2.27. The van der Waals surface area contributed by atoms with Crippen molar-refractivity contribution in [2.75, 3.05) is 20.1 Å². The fraction of sp³-hybridized carbons (Fsp3) is 0.385. The molecule has 0 fully saturated rings. The van der Waals surface area contributed by atoms with Crippen LogP contribution in [0.15, 0.2) is 30.3 Å². The molecule has 0 aliphatic carbocycles. The summed E-state index contributed by atoms with van der Waals surface area (Å²) in [5, 5.41) is 0. The number of hydrogen-bond acceptors (Lipinski definition) is 1. The number of benzene rings is 1. The monoisotopic (exact) mass is 199 g/mol. The molecule has 0 N–H and O–H groups in total. The van der Waals surface area contributed by atoms with E-state index in [-0.39, 0.29) is 0 Å². The lowest BCUT2D eigenvalue weighted by Gasteiger charge is -2.11. The van der Waals surface area contributed by atoms with E-state index in [1.807, 2.05) is 24.3 Å². The van der Waals surface area contributed by atoms with Crippen molar-refractivity contribution in [2.24, 2.45) is 0 Å². The Hall–Kier alpha value is -1.02. The van der Waals surface area contributed by atoms with Crippen LogP contribution in [-0.4, -0.2) is 32.9 Å². The van der Waals surface area contributed by atoms with Gasteiger partial charge >= 0.3 is 0 Å². The van der Waals surface area contributed by atoms with Gasteiger partial charge in [0.05, 0.1) is 0 Å². The zero-order valence-corrected chi connectivity index (χ0v) is 9.61. The molecule has 0 saturated carbocycles. The van der Waals surface area contributed by atoms with E-state index in [0.29, 0.717) is 0 Å². The molecular weight excluding hydrogens is 181 g/mol. The van der Waals surface area contributed by atoms with Gasteiger partial charge in [0.25, 0.3) is 0 Å². The fourth-order valence-corrected chi connectivity index (χ4v) is 1.45. The van der Waals surface area contributed by atoms with E-state index in [1.165, 1.54) is 12.0 Å². The predicted octanol–water partition coefficient (Wildman–Crippen LogP) is 1.84. The van der Waals surface area contributed by atoms with Crippen LogP contribution in [0.4, 0.5) is 0 Å². The lowest BCUT2D eigenvalue weighted by atomic mass is 9.95. The molecule has 0 aliphatic rings. The molecule has 0 heterocycles. The minimum absolute atomic E-state index is 0.815. The number of likely N-dealkylation sites (N-methyl/N-ethyl adjacent to an activating group) is 1. The molecule has 0 aromatic heterocycles. The third-order valence-corrected chi connectivity index (χ3v) is 2.27. The maximum atomic E-state index is 5.61. The summed E-state index contributed by atoms with van der Waals surface area (Å²) >= 11 is 0. The van der Waals surface area contributed by atoms with Gasteiger partial charge in [-0.3, -0.25) is 0 Å². The molecule has 0 saturated heterocycles. The van der Waals surface area contributed by atoms with E-state index in [0.717, 1.165) is 18.6 Å². The first-order valence-electron chi connectivity index (χ1n) is 5.43. The van der Waals surface area contributed by atoms with Gasteiger partial charge in [0.1, 0.15) is 7.85 Å². The van der Waals surface area contributed by atoms with Crippen LogP contribution in [0.3, 0.4) is 0 Å². The van der Waals surface area contributed by atoms with E-state index in [9.17, 15) is 0 Å². The second kappa shape index (κ2) is 6.47. The molecule has 15 heavy (non-hydrogen) atoms. The first-order valence-corrected chi connectivity index (χ1v) is 5.43. The number of nitrogens with zero attached hydrogens (tertiary/aromatic N) is 1. The molecule has 0 amide bonds. The Labute approximate surface area is 94.2 Å². The number of rotatable bonds is 5. The van der Waals surface area contributed by atoms with E-state index in [4.69, 9.17) is 7.85 Å². The Balaban J connectivity index is 2.41. The van der Waals surface area contributed by atoms with Gasteiger partial charge in [0, 0.05) is 6.54 Å². The van der Waals surface area contributed by atoms with Gasteiger partial charge in [-0.25, -0.2) is 0 Å². The second-order valence-electron chi connectivity index (χ2n) is 3.83. The van der Waals surface area contributed by atoms with Crippen molar-refractivity contribution in [1.29, 1.82) is 0 Å². The molecular formula is C13H18BN. The molecule has 1 aromatic carbocycles. The standard InChI is InChI=1S/C13H18BN/c1-3-10-15(2)11-4-5-12-6-8-13(14)9-7-12/h4-9H,3,10-11H2,1-2H3/b5-4+. The second-order valence-corrected chi connectivity index (χ2v) is 3.83. The molecule has 0 bridgehead atoms. The highest BCUT2D eigenvalue weighted by Crippen LogP contribution is 1.99. The maximum Gasteiger partial charge on any atom is 0.113 e. The van der Waals surface area contributed by atoms with Crippen molar-refractivity contribution in [2.45, 2.75) is 13.3 Å². The molecule has 1 aromatic rings. The Morgan fingerprint density at radius 2 is 1.93 bits per heavy atom. The highest BCUT2D eigenvalue weighted by molar-refractivity contribution is 6.32. The SMILES string of the molecule is [B]c1ccc(/C=C/CN(C)CCC)cc1. The first kappa shape index (κ1) is 12.1. The van der Waals surface area contributed by atoms with Crippen LogP contribution in [0.25, 0.3) is 6.08 Å². The van der Waals surface area contributed by atoms with Crippen molar-refractivity contribution in [3.63, 3.8) is 0 Å². The van der Waals surface area contributed by atoms with Crippen molar-refractivity contribution >= 4 is 19.4 Å². The molecule has 0 atom stereocenters. The molecule has 1 rings (SSSR count). The van der Waals surface area contributed by atoms with Gasteiger partial charge in [-0.15, -0.1) is 0 Å². The highest BCUT2D eigenvalue weighted by atomic mass is 15.1. The average Bonchev–Trinajstić information content (AvgIpc) is 2.21. The Kier molecular flexibility index (Phi) is 5.20. The lowest BCUT2D eigenvalue weighted by molar-refractivity contribution is 0.371. The highest BCUT2D eigenvalue weighted by Gasteiger charge is 1.91. The molecule has 1 nitrogen and oxygen atoms in total. The molecule has 0 aliphatic heterocycles. The summed E-state index contributed by atoms with van der Waals surface area (Å²) in [5.74, 6) is 0. The Morgan fingerprint density at radius 1 is 1.27 bits per heavy atom. The van der Waals surface area contributed by atoms with Crippen molar-refractivity contribution < 1.29 is 0 Å². The van der Waals surface area contributed by atoms with Gasteiger partial charge in [-0.05, 0) is 25.6 Å². The largest absolute Gasteiger partial charge is 0.303 e. The molecule has 0 unspecified atom stereocenters. The van der Waals surface area contributed by atoms with Crippen LogP contribution in [-0.2, 0) is 0 Å². The van der Waals surface area contributed by atoms with Gasteiger partial charge in [-0.1, -0.05) is 48.8 Å². The normalized spacial score (nSPS) is 11.4. The van der Waals surface area contributed by atoms with Crippen molar-refractivity contribution in [3.05, 3.63) is 35.9 Å². The smallest absolute Gasteiger partial charge is 0.113 e. The van der Waals surface area contributed by atoms with Crippen LogP contribution in [0.1, 0.15) is 18.9 Å². The molecule has 2 heteroatoms. The summed E-state index contributed by atoms with van der Waals surface area (Å²) < 4.78 is 0. The fourth-order valence-electron chi connectivity index (χ4n) is 1.45. The number of hydrogen-bond donors (Lipinski definition) is 0. The summed E-state index contributed by atoms with van der Waals surface area (Å²) in [6.45, 7) is 4.34. The molecule has 78 valence electrons. The van der Waals surface area contributed by atoms with Gasteiger partial charge in [0.2, 0.25) is 0 Å². The van der Waals surface area contributed by atoms with Crippen LogP contribution in [0.5, 0.6) is 0 Å². The summed E-state index contributed by atoms with van der Waals surface area (Å²) in [6, 6.07) is 7.92. The van der Waals surface area contributed by atoms with E-state index >= 15 is 0 Å². The average molecular weight is 199 g/mol. The minimum atomic E-state index is 0.815. The Bertz CT molecular complexity index is 303. The van der Waals surface area contributed by atoms with Gasteiger partial charge < -0.3 is 4.90 Å². The lowest BCUT2D eigenvalue weighted by Crippen LogP contribution is -2.18. The first-order chi connectivity index (χ1) is 7.22. The maximum absolute atomic E-state index is 5.61. The van der Waals surface area contributed by atoms with Gasteiger partial charge in [-0.2, -0.15) is 0 Å². The van der Waals surface area contributed by atoms with Gasteiger partial charge in [0.15, 0.2) is 0 Å². The van der Waals surface area contributed by atoms with E-state index < -0.39 is 0 Å². The minimum Gasteiger partial charge on any atom is -0.303 e. The predicted molar refractivity (Wildman–Crippen MR) is 68.7 cm³/mol. The topological polar surface area (TPSA) is 3.24 Å². The van der Waals surface area contributed by atoms with E-state index in [2.05, 4.69) is 31.0 Å². The molecule has 2 radical (unpaired) electrons. The van der Waals surface area contributed by atoms with Crippen LogP contribution in [0, 0.1) is 0 Å². The summed E-state index contributed by atoms with van der Waals surface area (Å²) in [5.41, 5.74) is 2.02. The van der Waals surface area contributed by atoms with E-state index in [1.54, 1.807) is 0 Å². The van der Waals surface area contributed by atoms with Crippen LogP contribution in [0.2, 0.25) is 0 Å². The van der Waals surface area contributed by atoms with Crippen LogP contribution < -0.4 is 5.46 Å². The zero-order valence-electron chi connectivity index (χ0n) is 9.61. The zero-order chi connectivity index (χ0) is 11.1. The summed E-state index contributed by atoms with van der Waals surface area (Å²) in [4.78, 5) is 2.30. The molecule has 0 spiro atoms. The van der Waals surface area contributed by atoms with Crippen molar-refractivity contribution in [3.8, 4) is 0 Å². The Morgan fingerprint density at radius 3 is 2.53 bits per heavy atom. The van der Waals surface area contributed by atoms with Crippen LogP contribution >= 0.6 is 0 Å².